The maximum atomic E-state index is 11.5. The molecule has 6 nitrogen and oxygen atoms in total. The predicted octanol–water partition coefficient (Wildman–Crippen LogP) is 2.95. The van der Waals surface area contributed by atoms with Crippen molar-refractivity contribution < 1.29 is 28.9 Å². The maximum Gasteiger partial charge on any atom is 0.306 e. The number of rotatable bonds is 13. The molecule has 0 aliphatic heterocycles. The Morgan fingerprint density at radius 3 is 2.13 bits per heavy atom. The Morgan fingerprint density at radius 2 is 1.57 bits per heavy atom. The Morgan fingerprint density at radius 1 is 1.00 bits per heavy atom. The topological polar surface area (TPSA) is 82.1 Å². The maximum absolute atomic E-state index is 11.5. The van der Waals surface area contributed by atoms with E-state index in [4.69, 9.17) is 19.3 Å². The third-order valence-electron chi connectivity index (χ3n) is 3.30. The standard InChI is InChI=1S/C17H30O6/c1-6-11-21-15(20)7-9-16(2,3)23-13-10-17(4,5)22-12-8-14(18)19/h6H,1,7-13H2,2-5H3,(H,18,19). The van der Waals surface area contributed by atoms with Crippen LogP contribution >= 0.6 is 0 Å². The van der Waals surface area contributed by atoms with Crippen molar-refractivity contribution in [3.05, 3.63) is 12.7 Å². The molecule has 0 saturated carbocycles. The fourth-order valence-electron chi connectivity index (χ4n) is 1.76. The van der Waals surface area contributed by atoms with Crippen LogP contribution in [0, 0.1) is 0 Å². The van der Waals surface area contributed by atoms with Crippen LogP contribution in [0.3, 0.4) is 0 Å². The Balaban J connectivity index is 4.00. The third kappa shape index (κ3) is 12.8. The van der Waals surface area contributed by atoms with Crippen molar-refractivity contribution in [2.75, 3.05) is 19.8 Å². The van der Waals surface area contributed by atoms with Crippen LogP contribution in [0.15, 0.2) is 12.7 Å². The molecule has 0 saturated heterocycles. The van der Waals surface area contributed by atoms with Gasteiger partial charge in [-0.05, 0) is 40.5 Å². The zero-order valence-corrected chi connectivity index (χ0v) is 14.7. The summed E-state index contributed by atoms with van der Waals surface area (Å²) >= 11 is 0. The number of carbonyl (C=O) groups is 2. The summed E-state index contributed by atoms with van der Waals surface area (Å²) in [7, 11) is 0. The molecule has 0 aromatic rings. The zero-order chi connectivity index (χ0) is 17.9. The second kappa shape index (κ2) is 10.4. The van der Waals surface area contributed by atoms with Crippen molar-refractivity contribution >= 4 is 11.9 Å². The zero-order valence-electron chi connectivity index (χ0n) is 14.7. The first-order valence-electron chi connectivity index (χ1n) is 7.84. The Kier molecular flexibility index (Phi) is 9.76. The monoisotopic (exact) mass is 330 g/mol. The number of carbonyl (C=O) groups excluding carboxylic acids is 1. The van der Waals surface area contributed by atoms with Gasteiger partial charge in [-0.25, -0.2) is 0 Å². The van der Waals surface area contributed by atoms with Gasteiger partial charge in [0.1, 0.15) is 6.61 Å². The molecule has 1 N–H and O–H groups in total. The van der Waals surface area contributed by atoms with E-state index in [1.165, 1.54) is 6.08 Å². The first kappa shape index (κ1) is 21.6. The molecule has 0 aromatic carbocycles. The van der Waals surface area contributed by atoms with Crippen LogP contribution in [0.4, 0.5) is 0 Å². The van der Waals surface area contributed by atoms with Crippen LogP contribution < -0.4 is 0 Å². The summed E-state index contributed by atoms with van der Waals surface area (Å²) in [4.78, 5) is 21.9. The highest BCUT2D eigenvalue weighted by molar-refractivity contribution is 5.69. The minimum atomic E-state index is -0.874. The molecule has 0 amide bonds. The highest BCUT2D eigenvalue weighted by atomic mass is 16.5. The third-order valence-corrected chi connectivity index (χ3v) is 3.30. The van der Waals surface area contributed by atoms with E-state index in [0.29, 0.717) is 25.9 Å². The van der Waals surface area contributed by atoms with E-state index in [0.717, 1.165) is 0 Å². The van der Waals surface area contributed by atoms with Gasteiger partial charge in [0, 0.05) is 6.42 Å². The van der Waals surface area contributed by atoms with Gasteiger partial charge in [0.25, 0.3) is 0 Å². The van der Waals surface area contributed by atoms with E-state index in [-0.39, 0.29) is 25.6 Å². The molecule has 0 radical (unpaired) electrons. The van der Waals surface area contributed by atoms with Gasteiger partial charge >= 0.3 is 11.9 Å². The predicted molar refractivity (Wildman–Crippen MR) is 87.3 cm³/mol. The molecular weight excluding hydrogens is 300 g/mol. The first-order chi connectivity index (χ1) is 10.6. The summed E-state index contributed by atoms with van der Waals surface area (Å²) in [6.45, 7) is 12.0. The molecular formula is C17H30O6. The summed E-state index contributed by atoms with van der Waals surface area (Å²) in [5.74, 6) is -1.14. The fraction of sp³-hybridized carbons (Fsp3) is 0.765. The summed E-state index contributed by atoms with van der Waals surface area (Å²) in [5.41, 5.74) is -0.890. The lowest BCUT2D eigenvalue weighted by molar-refractivity contribution is -0.145. The van der Waals surface area contributed by atoms with Gasteiger partial charge in [-0.1, -0.05) is 12.7 Å². The number of ether oxygens (including phenoxy) is 3. The van der Waals surface area contributed by atoms with Gasteiger partial charge in [-0.3, -0.25) is 9.59 Å². The van der Waals surface area contributed by atoms with Crippen LogP contribution in [0.1, 0.15) is 53.4 Å². The lowest BCUT2D eigenvalue weighted by Gasteiger charge is -2.29. The molecule has 0 unspecified atom stereocenters. The van der Waals surface area contributed by atoms with Crippen molar-refractivity contribution in [2.24, 2.45) is 0 Å². The lowest BCUT2D eigenvalue weighted by Crippen LogP contribution is -2.31. The molecule has 0 aliphatic carbocycles. The van der Waals surface area contributed by atoms with Gasteiger partial charge in [0.15, 0.2) is 0 Å². The van der Waals surface area contributed by atoms with Gasteiger partial charge < -0.3 is 19.3 Å². The second-order valence-corrected chi connectivity index (χ2v) is 6.58. The van der Waals surface area contributed by atoms with Crippen molar-refractivity contribution in [1.29, 1.82) is 0 Å². The lowest BCUT2D eigenvalue weighted by atomic mass is 10.0. The van der Waals surface area contributed by atoms with Crippen molar-refractivity contribution in [1.82, 2.24) is 0 Å². The smallest absolute Gasteiger partial charge is 0.306 e. The summed E-state index contributed by atoms with van der Waals surface area (Å²) in [5, 5.41) is 8.60. The van der Waals surface area contributed by atoms with E-state index in [2.05, 4.69) is 6.58 Å². The van der Waals surface area contributed by atoms with Gasteiger partial charge in [0.05, 0.1) is 30.8 Å². The summed E-state index contributed by atoms with van der Waals surface area (Å²) in [6.07, 6.45) is 3.01. The summed E-state index contributed by atoms with van der Waals surface area (Å²) < 4.78 is 16.3. The Bertz CT molecular complexity index is 387. The van der Waals surface area contributed by atoms with Gasteiger partial charge in [-0.15, -0.1) is 0 Å². The van der Waals surface area contributed by atoms with E-state index >= 15 is 0 Å². The first-order valence-corrected chi connectivity index (χ1v) is 7.84. The molecule has 134 valence electrons. The molecule has 0 aromatic heterocycles. The van der Waals surface area contributed by atoms with Crippen molar-refractivity contribution in [3.63, 3.8) is 0 Å². The molecule has 0 fully saturated rings. The van der Waals surface area contributed by atoms with Crippen LogP contribution in [0.2, 0.25) is 0 Å². The average Bonchev–Trinajstić information content (AvgIpc) is 2.41. The van der Waals surface area contributed by atoms with Crippen LogP contribution in [-0.2, 0) is 23.8 Å². The number of esters is 1. The molecule has 0 atom stereocenters. The van der Waals surface area contributed by atoms with E-state index in [1.807, 2.05) is 27.7 Å². The largest absolute Gasteiger partial charge is 0.481 e. The van der Waals surface area contributed by atoms with Crippen LogP contribution in [0.25, 0.3) is 0 Å². The molecule has 6 heteroatoms. The van der Waals surface area contributed by atoms with Crippen LogP contribution in [-0.4, -0.2) is 48.1 Å². The summed E-state index contributed by atoms with van der Waals surface area (Å²) in [6, 6.07) is 0. The molecule has 0 rings (SSSR count). The minimum Gasteiger partial charge on any atom is -0.481 e. The van der Waals surface area contributed by atoms with E-state index in [1.54, 1.807) is 0 Å². The SMILES string of the molecule is C=CCOC(=O)CCC(C)(C)OCCC(C)(C)OCCC(=O)O. The fourth-order valence-corrected chi connectivity index (χ4v) is 1.76. The Labute approximate surface area is 138 Å². The normalized spacial score (nSPS) is 12.0. The molecule has 23 heavy (non-hydrogen) atoms. The number of carboxylic acid groups (broad SMARTS) is 1. The number of hydrogen-bond donors (Lipinski definition) is 1. The van der Waals surface area contributed by atoms with Gasteiger partial charge in [-0.2, -0.15) is 0 Å². The quantitative estimate of drug-likeness (QED) is 0.413. The molecule has 0 spiro atoms. The van der Waals surface area contributed by atoms with E-state index in [9.17, 15) is 9.59 Å². The highest BCUT2D eigenvalue weighted by Crippen LogP contribution is 2.21. The van der Waals surface area contributed by atoms with Crippen molar-refractivity contribution in [3.8, 4) is 0 Å². The minimum absolute atomic E-state index is 0.0113. The average molecular weight is 330 g/mol. The van der Waals surface area contributed by atoms with Crippen LogP contribution in [0.5, 0.6) is 0 Å². The van der Waals surface area contributed by atoms with Crippen molar-refractivity contribution in [2.45, 2.75) is 64.6 Å². The number of carboxylic acids is 1. The van der Waals surface area contributed by atoms with Gasteiger partial charge in [0.2, 0.25) is 0 Å². The second-order valence-electron chi connectivity index (χ2n) is 6.58. The molecule has 0 aliphatic rings. The van der Waals surface area contributed by atoms with E-state index < -0.39 is 17.2 Å². The molecule has 0 heterocycles. The molecule has 0 bridgehead atoms. The Hall–Kier alpha value is -1.40. The number of aliphatic carboxylic acids is 1. The number of hydrogen-bond acceptors (Lipinski definition) is 5. The highest BCUT2D eigenvalue weighted by Gasteiger charge is 2.24.